The lowest BCUT2D eigenvalue weighted by molar-refractivity contribution is -0.131. The van der Waals surface area contributed by atoms with Crippen molar-refractivity contribution in [3.63, 3.8) is 0 Å². The molecule has 2 aromatic carbocycles. The average Bonchev–Trinajstić information content (AvgIpc) is 3.28. The second kappa shape index (κ2) is 11.8. The Morgan fingerprint density at radius 3 is 2.56 bits per heavy atom. The van der Waals surface area contributed by atoms with E-state index >= 15 is 0 Å². The van der Waals surface area contributed by atoms with E-state index in [1.165, 1.54) is 6.42 Å². The van der Waals surface area contributed by atoms with Crippen LogP contribution in [0.25, 0.3) is 11.3 Å². The van der Waals surface area contributed by atoms with E-state index in [-0.39, 0.29) is 5.91 Å². The van der Waals surface area contributed by atoms with Crippen LogP contribution in [0.1, 0.15) is 43.7 Å². The van der Waals surface area contributed by atoms with Crippen LogP contribution in [0.4, 0.5) is 5.88 Å². The van der Waals surface area contributed by atoms with Crippen molar-refractivity contribution in [2.45, 2.75) is 51.6 Å². The number of ether oxygens (including phenoxy) is 1. The average molecular weight is 462 g/mol. The molecule has 0 unspecified atom stereocenters. The number of anilines is 1. The Balaban J connectivity index is 1.66. The van der Waals surface area contributed by atoms with E-state index < -0.39 is 0 Å². The smallest absolute Gasteiger partial charge is 0.233 e. The number of rotatable bonds is 10. The van der Waals surface area contributed by atoms with Gasteiger partial charge in [-0.15, -0.1) is 0 Å². The summed E-state index contributed by atoms with van der Waals surface area (Å²) in [6.07, 6.45) is 4.64. The van der Waals surface area contributed by atoms with E-state index in [1.807, 2.05) is 65.6 Å². The van der Waals surface area contributed by atoms with Crippen molar-refractivity contribution in [3.8, 4) is 11.3 Å². The van der Waals surface area contributed by atoms with Gasteiger partial charge < -0.3 is 19.1 Å². The van der Waals surface area contributed by atoms with Gasteiger partial charge in [0.2, 0.25) is 11.8 Å². The first-order valence-corrected chi connectivity index (χ1v) is 12.3. The van der Waals surface area contributed by atoms with E-state index in [2.05, 4.69) is 17.0 Å². The first-order chi connectivity index (χ1) is 16.7. The third-order valence-electron chi connectivity index (χ3n) is 6.55. The van der Waals surface area contributed by atoms with Crippen molar-refractivity contribution < 1.29 is 14.1 Å². The summed E-state index contributed by atoms with van der Waals surface area (Å²) in [5.41, 5.74) is 3.82. The summed E-state index contributed by atoms with van der Waals surface area (Å²) in [6, 6.07) is 20.4. The molecule has 1 atom stereocenters. The molecule has 1 aliphatic heterocycles. The highest BCUT2D eigenvalue weighted by Crippen LogP contribution is 2.35. The number of nitrogens with zero attached hydrogens (tertiary/aromatic N) is 3. The number of hydrogen-bond donors (Lipinski definition) is 0. The molecule has 0 saturated carbocycles. The molecule has 0 N–H and O–H groups in total. The molecular weight excluding hydrogens is 426 g/mol. The zero-order valence-corrected chi connectivity index (χ0v) is 20.3. The predicted molar refractivity (Wildman–Crippen MR) is 135 cm³/mol. The fourth-order valence-corrected chi connectivity index (χ4v) is 4.66. The maximum Gasteiger partial charge on any atom is 0.233 e. The fourth-order valence-electron chi connectivity index (χ4n) is 4.66. The van der Waals surface area contributed by atoms with Gasteiger partial charge in [-0.2, -0.15) is 0 Å². The molecule has 0 spiro atoms. The number of hydrogen-bond acceptors (Lipinski definition) is 5. The Bertz CT molecular complexity index is 1040. The number of aromatic nitrogens is 1. The van der Waals surface area contributed by atoms with Crippen molar-refractivity contribution in [1.29, 1.82) is 0 Å². The van der Waals surface area contributed by atoms with E-state index in [9.17, 15) is 4.79 Å². The molecule has 4 rings (SSSR count). The van der Waals surface area contributed by atoms with Crippen molar-refractivity contribution in [1.82, 2.24) is 10.1 Å². The Kier molecular flexibility index (Phi) is 8.36. The fraction of sp³-hybridized carbons (Fsp3) is 0.429. The molecule has 0 radical (unpaired) electrons. The molecule has 6 heteroatoms. The van der Waals surface area contributed by atoms with Crippen molar-refractivity contribution in [2.75, 3.05) is 31.7 Å². The zero-order chi connectivity index (χ0) is 23.8. The van der Waals surface area contributed by atoms with Gasteiger partial charge in [-0.3, -0.25) is 4.79 Å². The predicted octanol–water partition coefficient (Wildman–Crippen LogP) is 5.33. The SMILES string of the molecule is COCCCN(Cc1c(-c2ccccc2)noc1N1CCCC[C@@H]1C)C(=O)Cc1ccccc1. The largest absolute Gasteiger partial charge is 0.385 e. The molecule has 0 bridgehead atoms. The van der Waals surface area contributed by atoms with E-state index in [0.29, 0.717) is 32.2 Å². The van der Waals surface area contributed by atoms with E-state index in [1.54, 1.807) is 7.11 Å². The lowest BCUT2D eigenvalue weighted by atomic mass is 10.0. The molecule has 1 saturated heterocycles. The summed E-state index contributed by atoms with van der Waals surface area (Å²) in [5, 5.41) is 4.51. The summed E-state index contributed by atoms with van der Waals surface area (Å²) >= 11 is 0. The van der Waals surface area contributed by atoms with Crippen LogP contribution >= 0.6 is 0 Å². The van der Waals surface area contributed by atoms with Gasteiger partial charge in [-0.1, -0.05) is 65.8 Å². The second-order valence-electron chi connectivity index (χ2n) is 9.04. The molecule has 1 fully saturated rings. The molecule has 34 heavy (non-hydrogen) atoms. The number of carbonyl (C=O) groups excluding carboxylic acids is 1. The molecule has 6 nitrogen and oxygen atoms in total. The summed E-state index contributed by atoms with van der Waals surface area (Å²) in [7, 11) is 1.69. The summed E-state index contributed by atoms with van der Waals surface area (Å²) < 4.78 is 11.3. The van der Waals surface area contributed by atoms with Crippen molar-refractivity contribution >= 4 is 11.8 Å². The van der Waals surface area contributed by atoms with Gasteiger partial charge in [0.05, 0.1) is 18.5 Å². The third kappa shape index (κ3) is 5.86. The zero-order valence-electron chi connectivity index (χ0n) is 20.3. The van der Waals surface area contributed by atoms with Gasteiger partial charge in [0, 0.05) is 38.4 Å². The van der Waals surface area contributed by atoms with Gasteiger partial charge in [0.1, 0.15) is 5.69 Å². The van der Waals surface area contributed by atoms with Gasteiger partial charge in [-0.25, -0.2) is 0 Å². The van der Waals surface area contributed by atoms with Crippen LogP contribution < -0.4 is 4.90 Å². The van der Waals surface area contributed by atoms with E-state index in [4.69, 9.17) is 9.26 Å². The van der Waals surface area contributed by atoms with Crippen LogP contribution in [0.2, 0.25) is 0 Å². The van der Waals surface area contributed by atoms with Crippen LogP contribution in [0, 0.1) is 0 Å². The molecule has 1 aromatic heterocycles. The summed E-state index contributed by atoms with van der Waals surface area (Å²) in [5.74, 6) is 0.899. The van der Waals surface area contributed by atoms with Gasteiger partial charge in [0.25, 0.3) is 0 Å². The Morgan fingerprint density at radius 1 is 1.12 bits per heavy atom. The third-order valence-corrected chi connectivity index (χ3v) is 6.55. The molecule has 1 amide bonds. The van der Waals surface area contributed by atoms with Gasteiger partial charge in [0.15, 0.2) is 0 Å². The lowest BCUT2D eigenvalue weighted by Gasteiger charge is -2.34. The molecule has 3 aromatic rings. The molecule has 2 heterocycles. The highest BCUT2D eigenvalue weighted by atomic mass is 16.5. The number of amides is 1. The number of benzene rings is 2. The first-order valence-electron chi connectivity index (χ1n) is 12.3. The Hall–Kier alpha value is -3.12. The molecule has 1 aliphatic rings. The highest BCUT2D eigenvalue weighted by Gasteiger charge is 2.29. The van der Waals surface area contributed by atoms with Crippen LogP contribution in [0.5, 0.6) is 0 Å². The van der Waals surface area contributed by atoms with Gasteiger partial charge in [-0.05, 0) is 38.2 Å². The standard InChI is InChI=1S/C28H35N3O3/c1-22-12-9-10-18-31(22)28-25(27(29-34-28)24-15-7-4-8-16-24)21-30(17-11-19-33-2)26(32)20-23-13-5-3-6-14-23/h3-8,13-16,22H,9-12,17-21H2,1-2H3/t22-/m0/s1. The van der Waals surface area contributed by atoms with Gasteiger partial charge >= 0.3 is 0 Å². The maximum absolute atomic E-state index is 13.5. The molecular formula is C28H35N3O3. The summed E-state index contributed by atoms with van der Waals surface area (Å²) in [4.78, 5) is 17.7. The lowest BCUT2D eigenvalue weighted by Crippen LogP contribution is -2.39. The van der Waals surface area contributed by atoms with Crippen LogP contribution in [-0.4, -0.2) is 48.8 Å². The van der Waals surface area contributed by atoms with E-state index in [0.717, 1.165) is 54.1 Å². The highest BCUT2D eigenvalue weighted by molar-refractivity contribution is 5.79. The van der Waals surface area contributed by atoms with Crippen LogP contribution in [-0.2, 0) is 22.5 Å². The number of carbonyl (C=O) groups is 1. The monoisotopic (exact) mass is 461 g/mol. The topological polar surface area (TPSA) is 58.8 Å². The quantitative estimate of drug-likeness (QED) is 0.382. The van der Waals surface area contributed by atoms with Crippen LogP contribution in [0.15, 0.2) is 65.2 Å². The van der Waals surface area contributed by atoms with Crippen molar-refractivity contribution in [3.05, 3.63) is 71.8 Å². The van der Waals surface area contributed by atoms with Crippen LogP contribution in [0.3, 0.4) is 0 Å². The number of piperidine rings is 1. The first kappa shape index (κ1) is 24.0. The Labute approximate surface area is 202 Å². The minimum absolute atomic E-state index is 0.0974. The van der Waals surface area contributed by atoms with Crippen molar-refractivity contribution in [2.24, 2.45) is 0 Å². The minimum Gasteiger partial charge on any atom is -0.385 e. The Morgan fingerprint density at radius 2 is 1.85 bits per heavy atom. The summed E-state index contributed by atoms with van der Waals surface area (Å²) in [6.45, 7) is 4.87. The normalized spacial score (nSPS) is 15.9. The minimum atomic E-state index is 0.0974. The maximum atomic E-state index is 13.5. The number of methoxy groups -OCH3 is 1. The molecule has 0 aliphatic carbocycles. The second-order valence-corrected chi connectivity index (χ2v) is 9.04. The molecule has 180 valence electrons.